The van der Waals surface area contributed by atoms with Gasteiger partial charge in [-0.3, -0.25) is 0 Å². The minimum absolute atomic E-state index is 0.0418. The Bertz CT molecular complexity index is 479. The number of hydrogen-bond acceptors (Lipinski definition) is 4. The van der Waals surface area contributed by atoms with Gasteiger partial charge in [0.15, 0.2) is 9.84 Å². The summed E-state index contributed by atoms with van der Waals surface area (Å²) < 4.78 is 35.4. The van der Waals surface area contributed by atoms with Gasteiger partial charge in [-0.1, -0.05) is 0 Å². The Kier molecular flexibility index (Phi) is 3.01. The number of aromatic hydroxyl groups is 1. The van der Waals surface area contributed by atoms with Gasteiger partial charge in [-0.2, -0.15) is 0 Å². The summed E-state index contributed by atoms with van der Waals surface area (Å²) >= 11 is 0. The third kappa shape index (κ3) is 2.45. The van der Waals surface area contributed by atoms with Crippen LogP contribution in [0.4, 0.5) is 4.39 Å². The van der Waals surface area contributed by atoms with Gasteiger partial charge in [0.1, 0.15) is 16.5 Å². The Labute approximate surface area is 86.9 Å². The van der Waals surface area contributed by atoms with E-state index in [0.717, 1.165) is 18.4 Å². The Morgan fingerprint density at radius 2 is 1.93 bits per heavy atom. The first-order valence-corrected chi connectivity index (χ1v) is 6.03. The molecule has 1 rings (SSSR count). The van der Waals surface area contributed by atoms with E-state index in [0.29, 0.717) is 0 Å². The number of phenolic OH excluding ortho intramolecular Hbond substituents is 1. The maximum Gasteiger partial charge on any atom is 0.178 e. The van der Waals surface area contributed by atoms with Crippen molar-refractivity contribution in [3.8, 4) is 5.75 Å². The van der Waals surface area contributed by atoms with E-state index in [1.165, 1.54) is 6.92 Å². The second-order valence-corrected chi connectivity index (χ2v) is 5.27. The molecule has 84 valence electrons. The van der Waals surface area contributed by atoms with Crippen LogP contribution >= 0.6 is 0 Å². The van der Waals surface area contributed by atoms with Crippen molar-refractivity contribution in [1.82, 2.24) is 0 Å². The topological polar surface area (TPSA) is 74.6 Å². The normalized spacial score (nSPS) is 13.9. The minimum Gasteiger partial charge on any atom is -0.508 e. The van der Waals surface area contributed by atoms with Gasteiger partial charge in [-0.05, 0) is 13.0 Å². The molecule has 0 aliphatic heterocycles. The molecule has 6 heteroatoms. The average molecular weight is 234 g/mol. The predicted octanol–water partition coefficient (Wildman–Crippen LogP) is 0.988. The third-order valence-electron chi connectivity index (χ3n) is 1.93. The Balaban J connectivity index is 3.46. The Hall–Kier alpha value is -1.14. The van der Waals surface area contributed by atoms with Crippen LogP contribution in [0.1, 0.15) is 18.6 Å². The second kappa shape index (κ2) is 3.79. The van der Waals surface area contributed by atoms with Gasteiger partial charge in [-0.25, -0.2) is 12.8 Å². The Morgan fingerprint density at radius 1 is 1.40 bits per heavy atom. The fraction of sp³-hybridized carbons (Fsp3) is 0.333. The Morgan fingerprint density at radius 3 is 2.33 bits per heavy atom. The lowest BCUT2D eigenvalue weighted by atomic mass is 10.1. The van der Waals surface area contributed by atoms with Crippen molar-refractivity contribution in [2.75, 3.05) is 6.26 Å². The summed E-state index contributed by atoms with van der Waals surface area (Å²) in [6.07, 6.45) is -0.222. The molecule has 0 aliphatic rings. The molecular weight excluding hydrogens is 223 g/mol. The number of sulfone groups is 1. The van der Waals surface area contributed by atoms with Crippen LogP contribution < -0.4 is 0 Å². The van der Waals surface area contributed by atoms with Gasteiger partial charge in [0.2, 0.25) is 0 Å². The number of rotatable bonds is 2. The van der Waals surface area contributed by atoms with Gasteiger partial charge in [0.25, 0.3) is 0 Å². The molecule has 4 nitrogen and oxygen atoms in total. The summed E-state index contributed by atoms with van der Waals surface area (Å²) in [6.45, 7) is 1.34. The molecule has 0 aromatic heterocycles. The van der Waals surface area contributed by atoms with Crippen LogP contribution in [0.25, 0.3) is 0 Å². The molecule has 1 unspecified atom stereocenters. The van der Waals surface area contributed by atoms with Crippen LogP contribution in [-0.2, 0) is 9.84 Å². The number of benzene rings is 1. The van der Waals surface area contributed by atoms with Gasteiger partial charge >= 0.3 is 0 Å². The van der Waals surface area contributed by atoms with Crippen LogP contribution in [-0.4, -0.2) is 24.9 Å². The highest BCUT2D eigenvalue weighted by Gasteiger charge is 2.18. The van der Waals surface area contributed by atoms with Crippen LogP contribution in [0.5, 0.6) is 5.75 Å². The molecule has 1 aromatic rings. The lowest BCUT2D eigenvalue weighted by molar-refractivity contribution is 0.194. The number of aliphatic hydroxyl groups excluding tert-OH is 1. The van der Waals surface area contributed by atoms with Crippen LogP contribution in [0.15, 0.2) is 17.0 Å². The first-order valence-electron chi connectivity index (χ1n) is 4.14. The summed E-state index contributed by atoms with van der Waals surface area (Å²) in [5.74, 6) is -1.42. The van der Waals surface area contributed by atoms with E-state index in [-0.39, 0.29) is 5.56 Å². The molecule has 0 spiro atoms. The van der Waals surface area contributed by atoms with E-state index in [1.807, 2.05) is 0 Å². The smallest absolute Gasteiger partial charge is 0.178 e. The maximum atomic E-state index is 13.3. The first-order chi connectivity index (χ1) is 6.73. The highest BCUT2D eigenvalue weighted by molar-refractivity contribution is 7.90. The van der Waals surface area contributed by atoms with E-state index in [9.17, 15) is 17.9 Å². The van der Waals surface area contributed by atoms with Crippen LogP contribution in [0.2, 0.25) is 0 Å². The van der Waals surface area contributed by atoms with Gasteiger partial charge in [-0.15, -0.1) is 0 Å². The van der Waals surface area contributed by atoms with Crippen molar-refractivity contribution in [3.63, 3.8) is 0 Å². The molecule has 2 N–H and O–H groups in total. The number of aliphatic hydroxyl groups is 1. The lowest BCUT2D eigenvalue weighted by Crippen LogP contribution is -2.03. The molecule has 1 aromatic carbocycles. The van der Waals surface area contributed by atoms with Gasteiger partial charge in [0, 0.05) is 17.9 Å². The molecule has 0 radical (unpaired) electrons. The summed E-state index contributed by atoms with van der Waals surface area (Å²) in [5, 5.41) is 18.5. The van der Waals surface area contributed by atoms with E-state index in [2.05, 4.69) is 0 Å². The van der Waals surface area contributed by atoms with E-state index >= 15 is 0 Å². The van der Waals surface area contributed by atoms with Crippen LogP contribution in [0.3, 0.4) is 0 Å². The standard InChI is InChI=1S/C9H11FO4S/c1-5(11)6-3-7(10)9(4-8(6)12)15(2,13)14/h3-5,11-12H,1-2H3. The zero-order chi connectivity index (χ0) is 11.8. The third-order valence-corrected chi connectivity index (χ3v) is 3.04. The molecular formula is C9H11FO4S. The van der Waals surface area contributed by atoms with Crippen molar-refractivity contribution in [2.45, 2.75) is 17.9 Å². The predicted molar refractivity (Wildman–Crippen MR) is 51.8 cm³/mol. The molecule has 0 amide bonds. The van der Waals surface area contributed by atoms with Crippen molar-refractivity contribution in [3.05, 3.63) is 23.5 Å². The maximum absolute atomic E-state index is 13.3. The molecule has 0 fully saturated rings. The second-order valence-electron chi connectivity index (χ2n) is 3.29. The molecule has 0 heterocycles. The molecule has 1 atom stereocenters. The quantitative estimate of drug-likeness (QED) is 0.800. The fourth-order valence-electron chi connectivity index (χ4n) is 1.18. The van der Waals surface area contributed by atoms with Crippen molar-refractivity contribution in [1.29, 1.82) is 0 Å². The number of halogens is 1. The average Bonchev–Trinajstić information content (AvgIpc) is 2.06. The number of hydrogen-bond donors (Lipinski definition) is 2. The molecule has 15 heavy (non-hydrogen) atoms. The summed E-state index contributed by atoms with van der Waals surface area (Å²) in [4.78, 5) is -0.579. The van der Waals surface area contributed by atoms with Crippen molar-refractivity contribution in [2.24, 2.45) is 0 Å². The van der Waals surface area contributed by atoms with Crippen LogP contribution in [0, 0.1) is 5.82 Å². The van der Waals surface area contributed by atoms with E-state index in [1.54, 1.807) is 0 Å². The van der Waals surface area contributed by atoms with Crippen molar-refractivity contribution < 1.29 is 23.0 Å². The molecule has 0 saturated heterocycles. The SMILES string of the molecule is CC(O)c1cc(F)c(S(C)(=O)=O)cc1O. The zero-order valence-electron chi connectivity index (χ0n) is 8.23. The lowest BCUT2D eigenvalue weighted by Gasteiger charge is -2.09. The fourth-order valence-corrected chi connectivity index (χ4v) is 1.92. The highest BCUT2D eigenvalue weighted by atomic mass is 32.2. The first kappa shape index (κ1) is 11.9. The van der Waals surface area contributed by atoms with Crippen molar-refractivity contribution >= 4 is 9.84 Å². The summed E-state index contributed by atoms with van der Waals surface area (Å²) in [5.41, 5.74) is -0.0418. The van der Waals surface area contributed by atoms with Gasteiger partial charge in [0.05, 0.1) is 6.10 Å². The highest BCUT2D eigenvalue weighted by Crippen LogP contribution is 2.29. The van der Waals surface area contributed by atoms with E-state index in [4.69, 9.17) is 5.11 Å². The monoisotopic (exact) mass is 234 g/mol. The zero-order valence-corrected chi connectivity index (χ0v) is 9.05. The molecule has 0 bridgehead atoms. The van der Waals surface area contributed by atoms with Gasteiger partial charge < -0.3 is 10.2 Å². The van der Waals surface area contributed by atoms with E-state index < -0.39 is 32.4 Å². The molecule has 0 saturated carbocycles. The largest absolute Gasteiger partial charge is 0.508 e. The number of phenols is 1. The summed E-state index contributed by atoms with van der Waals surface area (Å²) in [7, 11) is -3.72. The minimum atomic E-state index is -3.72. The summed E-state index contributed by atoms with van der Waals surface area (Å²) in [6, 6.07) is 1.61. The molecule has 0 aliphatic carbocycles.